The van der Waals surface area contributed by atoms with Crippen LogP contribution in [0.25, 0.3) is 4.85 Å². The Morgan fingerprint density at radius 3 is 1.89 bits per heavy atom. The summed E-state index contributed by atoms with van der Waals surface area (Å²) in [4.78, 5) is 50.4. The number of aliphatic carboxylic acids is 1. The summed E-state index contributed by atoms with van der Waals surface area (Å²) in [6.45, 7) is 12.8. The topological polar surface area (TPSA) is 235 Å². The maximum atomic E-state index is 11.8. The molecule has 16 nitrogen and oxygen atoms in total. The van der Waals surface area contributed by atoms with Crippen LogP contribution in [0.15, 0.2) is 67.0 Å². The standard InChI is InChI=1S/C18H17BN2O5.C15H14BNO5.CO2.Na.H2O/c1-4-24-17(22)10-15-18-11(2)7-13(9-14(18)19(23)26-15)25-16-8-12(20-3)5-6-21-16;1-9-6-10(21-13-4-2-3-5-17-13)7-11-15(9)12(8-14(18)19)22-16(11)20;2-1-3;;/h5-9,15,23H,4,10H2,1-2H3;2-7,12,20H,8H2,1H3,(H,18,19);;;1H2/q;;;+1;/p-1. The fourth-order valence-corrected chi connectivity index (χ4v) is 5.59. The molecule has 0 saturated heterocycles. The van der Waals surface area contributed by atoms with E-state index < -0.39 is 32.4 Å². The Hall–Kier alpha value is -4.92. The van der Waals surface area contributed by atoms with Gasteiger partial charge < -0.3 is 44.2 Å². The van der Waals surface area contributed by atoms with Gasteiger partial charge in [0.25, 0.3) is 0 Å². The molecule has 0 bridgehead atoms. The van der Waals surface area contributed by atoms with Crippen molar-refractivity contribution in [3.63, 3.8) is 0 Å². The van der Waals surface area contributed by atoms with Gasteiger partial charge in [0.15, 0.2) is 5.69 Å². The van der Waals surface area contributed by atoms with Crippen LogP contribution in [-0.4, -0.2) is 69.5 Å². The van der Waals surface area contributed by atoms with Crippen molar-refractivity contribution in [1.29, 1.82) is 0 Å². The van der Waals surface area contributed by atoms with Crippen molar-refractivity contribution in [3.8, 4) is 23.3 Å². The molecule has 268 valence electrons. The molecule has 0 radical (unpaired) electrons. The number of hydrogen-bond acceptors (Lipinski definition) is 14. The summed E-state index contributed by atoms with van der Waals surface area (Å²) < 4.78 is 27.2. The molecule has 2 aromatic heterocycles. The fourth-order valence-electron chi connectivity index (χ4n) is 5.59. The Balaban J connectivity index is 0.000000333. The van der Waals surface area contributed by atoms with Gasteiger partial charge in [0.1, 0.15) is 11.5 Å². The molecule has 0 spiro atoms. The van der Waals surface area contributed by atoms with Gasteiger partial charge in [0.2, 0.25) is 11.8 Å². The first kappa shape index (κ1) is 44.2. The number of fused-ring (bicyclic) bond motifs is 2. The summed E-state index contributed by atoms with van der Waals surface area (Å²) in [5, 5.41) is 29.1. The van der Waals surface area contributed by atoms with Crippen molar-refractivity contribution < 1.29 is 92.9 Å². The Bertz CT molecular complexity index is 1960. The number of benzene rings is 2. The van der Waals surface area contributed by atoms with E-state index in [0.29, 0.717) is 46.2 Å². The second kappa shape index (κ2) is 20.9. The first-order valence-electron chi connectivity index (χ1n) is 15.4. The van der Waals surface area contributed by atoms with Crippen molar-refractivity contribution in [1.82, 2.24) is 9.97 Å². The van der Waals surface area contributed by atoms with Gasteiger partial charge in [-0.2, -0.15) is 9.59 Å². The normalized spacial score (nSPS) is 14.5. The first-order chi connectivity index (χ1) is 24.5. The van der Waals surface area contributed by atoms with E-state index in [4.69, 9.17) is 44.8 Å². The van der Waals surface area contributed by atoms with Crippen LogP contribution >= 0.6 is 0 Å². The predicted molar refractivity (Wildman–Crippen MR) is 181 cm³/mol. The number of carboxylic acid groups (broad SMARTS) is 1. The molecular weight excluding hydrogens is 703 g/mol. The van der Waals surface area contributed by atoms with Gasteiger partial charge in [-0.1, -0.05) is 6.07 Å². The van der Waals surface area contributed by atoms with Crippen molar-refractivity contribution in [3.05, 3.63) is 101 Å². The molecule has 6 rings (SSSR count). The van der Waals surface area contributed by atoms with Crippen LogP contribution < -0.4 is 50.0 Å². The second-order valence-electron chi connectivity index (χ2n) is 11.0. The largest absolute Gasteiger partial charge is 1.00 e. The number of carboxylic acids is 1. The molecular formula is C34H32B2N3NaO13. The van der Waals surface area contributed by atoms with Gasteiger partial charge in [0.05, 0.1) is 38.2 Å². The minimum Gasteiger partial charge on any atom is -0.870 e. The molecule has 53 heavy (non-hydrogen) atoms. The van der Waals surface area contributed by atoms with Crippen molar-refractivity contribution >= 4 is 48.9 Å². The second-order valence-corrected chi connectivity index (χ2v) is 11.0. The monoisotopic (exact) mass is 735 g/mol. The van der Waals surface area contributed by atoms with Crippen LogP contribution in [0.3, 0.4) is 0 Å². The Morgan fingerprint density at radius 2 is 1.40 bits per heavy atom. The van der Waals surface area contributed by atoms with Crippen molar-refractivity contribution in [2.45, 2.75) is 45.8 Å². The van der Waals surface area contributed by atoms with Gasteiger partial charge in [-0.15, -0.1) is 0 Å². The molecule has 2 aromatic carbocycles. The maximum absolute atomic E-state index is 11.8. The van der Waals surface area contributed by atoms with Crippen molar-refractivity contribution in [2.75, 3.05) is 6.61 Å². The number of nitrogens with zero attached hydrogens (tertiary/aromatic N) is 3. The number of aryl methyl sites for hydroxylation is 2. The van der Waals surface area contributed by atoms with E-state index in [9.17, 15) is 19.6 Å². The van der Waals surface area contributed by atoms with Crippen molar-refractivity contribution in [2.24, 2.45) is 0 Å². The van der Waals surface area contributed by atoms with E-state index in [1.807, 2.05) is 19.9 Å². The average molecular weight is 735 g/mol. The molecule has 0 fully saturated rings. The van der Waals surface area contributed by atoms with E-state index in [1.165, 1.54) is 12.3 Å². The van der Waals surface area contributed by atoms with Crippen LogP contribution in [0, 0.1) is 20.4 Å². The maximum Gasteiger partial charge on any atom is 1.00 e. The summed E-state index contributed by atoms with van der Waals surface area (Å²) in [5.41, 5.74) is 4.62. The summed E-state index contributed by atoms with van der Waals surface area (Å²) in [7, 11) is -2.29. The number of carbonyl (C=O) groups is 2. The number of aromatic nitrogens is 2. The molecule has 2 aliphatic heterocycles. The molecule has 2 aliphatic rings. The minimum absolute atomic E-state index is 0. The van der Waals surface area contributed by atoms with Gasteiger partial charge >= 0.3 is 61.9 Å². The smallest absolute Gasteiger partial charge is 0.870 e. The average Bonchev–Trinajstić information content (AvgIpc) is 3.56. The quantitative estimate of drug-likeness (QED) is 0.118. The number of carbonyl (C=O) groups excluding carboxylic acids is 3. The van der Waals surface area contributed by atoms with Crippen LogP contribution in [0.2, 0.25) is 0 Å². The first-order valence-corrected chi connectivity index (χ1v) is 15.4. The number of esters is 1. The molecule has 2 unspecified atom stereocenters. The molecule has 4 N–H and O–H groups in total. The van der Waals surface area contributed by atoms with E-state index >= 15 is 0 Å². The van der Waals surface area contributed by atoms with Crippen LogP contribution in [0.5, 0.6) is 23.3 Å². The summed E-state index contributed by atoms with van der Waals surface area (Å²) >= 11 is 0. The molecule has 0 saturated carbocycles. The van der Waals surface area contributed by atoms with Gasteiger partial charge in [-0.25, -0.2) is 14.8 Å². The third-order valence-corrected chi connectivity index (χ3v) is 7.49. The molecule has 2 atom stereocenters. The Morgan fingerprint density at radius 1 is 0.868 bits per heavy atom. The molecule has 4 aromatic rings. The van der Waals surface area contributed by atoms with Crippen LogP contribution in [-0.2, 0) is 33.2 Å². The van der Waals surface area contributed by atoms with Crippen LogP contribution in [0.1, 0.15) is 54.2 Å². The Labute approximate surface area is 326 Å². The SMILES string of the molecule is Cc1cc(Oc2ccccn2)cc2c1C(CC(=O)O)OB2O.O=C=O.[C-]#[N+]c1ccnc(Oc2cc(C)c3c(c2)B(O)OC3CC(=O)OCC)c1.[Na+].[OH-]. The summed E-state index contributed by atoms with van der Waals surface area (Å²) in [6, 6.07) is 15.3. The third-order valence-electron chi connectivity index (χ3n) is 7.49. The summed E-state index contributed by atoms with van der Waals surface area (Å²) in [6.07, 6.45) is 2.01. The number of pyridine rings is 2. The number of ether oxygens (including phenoxy) is 3. The molecule has 0 amide bonds. The van der Waals surface area contributed by atoms with Gasteiger partial charge in [0, 0.05) is 24.5 Å². The van der Waals surface area contributed by atoms with Crippen LogP contribution in [0.4, 0.5) is 5.69 Å². The minimum atomic E-state index is -1.15. The zero-order valence-electron chi connectivity index (χ0n) is 29.1. The van der Waals surface area contributed by atoms with E-state index in [2.05, 4.69) is 14.8 Å². The molecule has 19 heteroatoms. The Kier molecular flexibility index (Phi) is 17.5. The molecule has 0 aliphatic carbocycles. The zero-order chi connectivity index (χ0) is 37.1. The van der Waals surface area contributed by atoms with E-state index in [-0.39, 0.29) is 65.9 Å². The number of hydrogen-bond donors (Lipinski definition) is 3. The van der Waals surface area contributed by atoms with E-state index in [1.54, 1.807) is 55.6 Å². The third kappa shape index (κ3) is 11.8. The molecule has 4 heterocycles. The van der Waals surface area contributed by atoms with Gasteiger partial charge in [-0.05, 0) is 90.3 Å². The summed E-state index contributed by atoms with van der Waals surface area (Å²) in [5.74, 6) is 0.367. The fraction of sp³-hybridized carbons (Fsp3) is 0.235. The van der Waals surface area contributed by atoms with E-state index in [0.717, 1.165) is 16.7 Å². The number of rotatable bonds is 9. The van der Waals surface area contributed by atoms with Gasteiger partial charge in [-0.3, -0.25) is 9.59 Å². The predicted octanol–water partition coefficient (Wildman–Crippen LogP) is 0.105. The zero-order valence-corrected chi connectivity index (χ0v) is 31.1.